The first-order valence-corrected chi connectivity index (χ1v) is 15.5. The van der Waals surface area contributed by atoms with Gasteiger partial charge in [0.2, 0.25) is 0 Å². The van der Waals surface area contributed by atoms with Crippen LogP contribution in [0.3, 0.4) is 0 Å². The number of rotatable bonds is 7. The Morgan fingerprint density at radius 2 is 1.38 bits per heavy atom. The van der Waals surface area contributed by atoms with Gasteiger partial charge in [0.1, 0.15) is 0 Å². The molecule has 0 unspecified atom stereocenters. The monoisotopic (exact) mass is 280 g/mol. The molecule has 0 aliphatic heterocycles. The van der Waals surface area contributed by atoms with E-state index in [4.69, 9.17) is 8.23 Å². The molecule has 0 rings (SSSR count). The molecule has 3 N–H and O–H groups in total. The van der Waals surface area contributed by atoms with Gasteiger partial charge in [0.05, 0.1) is 6.54 Å². The van der Waals surface area contributed by atoms with E-state index < -0.39 is 25.2 Å². The molecule has 98 valence electrons. The highest BCUT2D eigenvalue weighted by molar-refractivity contribution is 6.87. The molecule has 0 aromatic heterocycles. The molecule has 0 atom stereocenters. The summed E-state index contributed by atoms with van der Waals surface area (Å²) >= 11 is 0. The van der Waals surface area contributed by atoms with Crippen LogP contribution in [0.15, 0.2) is 0 Å². The highest BCUT2D eigenvalue weighted by Gasteiger charge is 2.37. The van der Waals surface area contributed by atoms with Crippen LogP contribution in [0.5, 0.6) is 0 Å². The molecule has 0 saturated heterocycles. The van der Waals surface area contributed by atoms with Gasteiger partial charge in [0.15, 0.2) is 16.6 Å². The van der Waals surface area contributed by atoms with Crippen molar-refractivity contribution in [1.29, 1.82) is 0 Å². The summed E-state index contributed by atoms with van der Waals surface area (Å²) in [5.74, 6) is 0. The average Bonchev–Trinajstić information content (AvgIpc) is 1.93. The maximum absolute atomic E-state index is 6.37. The van der Waals surface area contributed by atoms with Crippen LogP contribution < -0.4 is 5.73 Å². The second kappa shape index (κ2) is 5.92. The van der Waals surface area contributed by atoms with Gasteiger partial charge in [-0.05, 0) is 58.3 Å². The van der Waals surface area contributed by atoms with Gasteiger partial charge in [0, 0.05) is 0 Å². The van der Waals surface area contributed by atoms with Crippen molar-refractivity contribution < 1.29 is 14.0 Å². The van der Waals surface area contributed by atoms with E-state index in [2.05, 4.69) is 51.6 Å². The van der Waals surface area contributed by atoms with Gasteiger partial charge < -0.3 is 14.0 Å². The normalized spacial score (nSPS) is 14.2. The summed E-state index contributed by atoms with van der Waals surface area (Å²) in [6.07, 6.45) is 1.18. The zero-order chi connectivity index (χ0) is 13.0. The minimum atomic E-state index is -1.92. The SMILES string of the molecule is C[Si](C)(C)O[Si](C)(C)O[Si](C)(C)CCC[NH3+]. The first kappa shape index (κ1) is 16.5. The summed E-state index contributed by atoms with van der Waals surface area (Å²) < 4.78 is 12.6. The molecule has 0 saturated carbocycles. The van der Waals surface area contributed by atoms with E-state index in [1.165, 1.54) is 12.5 Å². The van der Waals surface area contributed by atoms with Crippen LogP contribution in [-0.4, -0.2) is 31.7 Å². The minimum absolute atomic E-state index is 1.01. The second-order valence-electron chi connectivity index (χ2n) is 6.43. The Balaban J connectivity index is 4.33. The number of quaternary nitrogens is 1. The molecule has 0 aliphatic rings. The van der Waals surface area contributed by atoms with Gasteiger partial charge in [-0.25, -0.2) is 0 Å². The molecule has 0 aromatic rings. The van der Waals surface area contributed by atoms with E-state index in [9.17, 15) is 0 Å². The van der Waals surface area contributed by atoms with E-state index >= 15 is 0 Å². The van der Waals surface area contributed by atoms with E-state index in [1.807, 2.05) is 0 Å². The number of hydrogen-bond acceptors (Lipinski definition) is 2. The van der Waals surface area contributed by atoms with Crippen LogP contribution in [-0.2, 0) is 8.23 Å². The van der Waals surface area contributed by atoms with Crippen molar-refractivity contribution in [2.24, 2.45) is 0 Å². The van der Waals surface area contributed by atoms with Crippen molar-refractivity contribution in [1.82, 2.24) is 0 Å². The van der Waals surface area contributed by atoms with Crippen LogP contribution in [0.2, 0.25) is 51.9 Å². The lowest BCUT2D eigenvalue weighted by Crippen LogP contribution is -2.53. The molecule has 0 radical (unpaired) electrons. The quantitative estimate of drug-likeness (QED) is 0.728. The summed E-state index contributed by atoms with van der Waals surface area (Å²) in [5.41, 5.74) is 3.90. The van der Waals surface area contributed by atoms with Gasteiger partial charge in [-0.15, -0.1) is 0 Å². The van der Waals surface area contributed by atoms with E-state index in [-0.39, 0.29) is 0 Å². The van der Waals surface area contributed by atoms with Crippen molar-refractivity contribution in [3.05, 3.63) is 0 Å². The second-order valence-corrected chi connectivity index (χ2v) is 19.1. The van der Waals surface area contributed by atoms with Gasteiger partial charge in [0.25, 0.3) is 0 Å². The summed E-state index contributed by atoms with van der Waals surface area (Å²) in [5, 5.41) is 0. The first-order valence-electron chi connectivity index (χ1n) is 6.17. The molecule has 16 heavy (non-hydrogen) atoms. The van der Waals surface area contributed by atoms with Crippen LogP contribution in [0.4, 0.5) is 0 Å². The summed E-state index contributed by atoms with van der Waals surface area (Å²) in [4.78, 5) is 0. The zero-order valence-electron chi connectivity index (χ0n) is 12.1. The van der Waals surface area contributed by atoms with E-state index in [0.29, 0.717) is 0 Å². The van der Waals surface area contributed by atoms with Crippen LogP contribution in [0, 0.1) is 0 Å². The first-order chi connectivity index (χ1) is 6.97. The van der Waals surface area contributed by atoms with Gasteiger partial charge in [-0.2, -0.15) is 0 Å². The zero-order valence-corrected chi connectivity index (χ0v) is 15.1. The third-order valence-corrected chi connectivity index (χ3v) is 12.3. The standard InChI is InChI=1S/C10H29NO2Si3/c1-14(2,3)12-16(6,7)13-15(4,5)10-8-9-11/h8-11H2,1-7H3/p+1. The molecule has 0 amide bonds. The summed E-state index contributed by atoms with van der Waals surface area (Å²) in [6, 6.07) is 1.20. The van der Waals surface area contributed by atoms with Crippen molar-refractivity contribution in [3.63, 3.8) is 0 Å². The van der Waals surface area contributed by atoms with Crippen molar-refractivity contribution in [3.8, 4) is 0 Å². The largest absolute Gasteiger partial charge is 0.437 e. The average molecular weight is 281 g/mol. The maximum Gasteiger partial charge on any atom is 0.311 e. The van der Waals surface area contributed by atoms with Crippen LogP contribution >= 0.6 is 0 Å². The Bertz CT molecular complexity index is 215. The van der Waals surface area contributed by atoms with Gasteiger partial charge in [-0.1, -0.05) is 0 Å². The molecule has 6 heteroatoms. The Morgan fingerprint density at radius 3 is 1.75 bits per heavy atom. The molecule has 0 fully saturated rings. The minimum Gasteiger partial charge on any atom is -0.437 e. The highest BCUT2D eigenvalue weighted by Crippen LogP contribution is 2.23. The molecule has 0 bridgehead atoms. The number of hydrogen-bond donors (Lipinski definition) is 1. The van der Waals surface area contributed by atoms with Gasteiger partial charge >= 0.3 is 8.56 Å². The fourth-order valence-corrected chi connectivity index (χ4v) is 15.3. The Hall–Kier alpha value is 0.531. The van der Waals surface area contributed by atoms with Gasteiger partial charge in [-0.3, -0.25) is 0 Å². The molecule has 0 heterocycles. The molecular formula is C10H30NO2Si3+. The topological polar surface area (TPSA) is 46.1 Å². The molecule has 0 spiro atoms. The van der Waals surface area contributed by atoms with E-state index in [1.54, 1.807) is 0 Å². The molecule has 3 nitrogen and oxygen atoms in total. The third-order valence-electron chi connectivity index (χ3n) is 2.10. The lowest BCUT2D eigenvalue weighted by atomic mass is 10.5. The molecular weight excluding hydrogens is 250 g/mol. The molecule has 0 aromatic carbocycles. The Morgan fingerprint density at radius 1 is 0.875 bits per heavy atom. The molecule has 0 aliphatic carbocycles. The van der Waals surface area contributed by atoms with Crippen molar-refractivity contribution >= 4 is 25.2 Å². The Labute approximate surface area is 104 Å². The fraction of sp³-hybridized carbons (Fsp3) is 1.00. The predicted octanol–water partition coefficient (Wildman–Crippen LogP) is 2.39. The third kappa shape index (κ3) is 8.66. The lowest BCUT2D eigenvalue weighted by Gasteiger charge is -2.37. The van der Waals surface area contributed by atoms with Crippen molar-refractivity contribution in [2.45, 2.75) is 58.3 Å². The smallest absolute Gasteiger partial charge is 0.311 e. The Kier molecular flexibility index (Phi) is 6.12. The lowest BCUT2D eigenvalue weighted by molar-refractivity contribution is -0.367. The van der Waals surface area contributed by atoms with E-state index in [0.717, 1.165) is 6.54 Å². The summed E-state index contributed by atoms with van der Waals surface area (Å²) in [7, 11) is -4.94. The van der Waals surface area contributed by atoms with Crippen LogP contribution in [0.25, 0.3) is 0 Å². The maximum atomic E-state index is 6.37. The summed E-state index contributed by atoms with van der Waals surface area (Å²) in [6.45, 7) is 16.7. The van der Waals surface area contributed by atoms with Crippen molar-refractivity contribution in [2.75, 3.05) is 6.54 Å². The highest BCUT2D eigenvalue weighted by atomic mass is 28.5. The predicted molar refractivity (Wildman–Crippen MR) is 77.7 cm³/mol. The van der Waals surface area contributed by atoms with Crippen LogP contribution in [0.1, 0.15) is 6.42 Å². The fourth-order valence-electron chi connectivity index (χ4n) is 2.03.